The molecule has 286 valence electrons. The van der Waals surface area contributed by atoms with Gasteiger partial charge in [0.1, 0.15) is 0 Å². The number of anilines is 3. The summed E-state index contributed by atoms with van der Waals surface area (Å²) in [5.41, 5.74) is 14.1. The van der Waals surface area contributed by atoms with E-state index in [1.807, 2.05) is 11.3 Å². The lowest BCUT2D eigenvalue weighted by Crippen LogP contribution is -2.10. The van der Waals surface area contributed by atoms with Gasteiger partial charge >= 0.3 is 0 Å². The van der Waals surface area contributed by atoms with Crippen LogP contribution in [0.3, 0.4) is 0 Å². The van der Waals surface area contributed by atoms with Gasteiger partial charge in [-0.15, -0.1) is 11.3 Å². The van der Waals surface area contributed by atoms with E-state index in [9.17, 15) is 0 Å². The molecular weight excluding hydrogens is 757 g/mol. The lowest BCUT2D eigenvalue weighted by Gasteiger charge is -2.27. The number of hydrogen-bond acceptors (Lipinski definition) is 2. The molecule has 0 spiro atoms. The largest absolute Gasteiger partial charge is 0.310 e. The number of thiophene rings is 1. The molecule has 0 radical (unpaired) electrons. The fourth-order valence-corrected chi connectivity index (χ4v) is 10.5. The van der Waals surface area contributed by atoms with Gasteiger partial charge in [-0.2, -0.15) is 0 Å². The Kier molecular flexibility index (Phi) is 8.39. The molecular formula is C58H38N2S. The highest BCUT2D eigenvalue weighted by Crippen LogP contribution is 2.45. The van der Waals surface area contributed by atoms with Gasteiger partial charge in [0.15, 0.2) is 0 Å². The summed E-state index contributed by atoms with van der Waals surface area (Å²) in [6.07, 6.45) is 0. The van der Waals surface area contributed by atoms with Crippen LogP contribution in [0.25, 0.3) is 91.8 Å². The molecule has 0 bridgehead atoms. The Morgan fingerprint density at radius 2 is 0.869 bits per heavy atom. The van der Waals surface area contributed by atoms with Crippen molar-refractivity contribution >= 4 is 81.1 Å². The maximum atomic E-state index is 2.43. The van der Waals surface area contributed by atoms with Crippen LogP contribution < -0.4 is 4.90 Å². The normalized spacial score (nSPS) is 11.6. The Morgan fingerprint density at radius 3 is 1.69 bits per heavy atom. The second-order valence-corrected chi connectivity index (χ2v) is 16.8. The zero-order chi connectivity index (χ0) is 40.3. The fraction of sp³-hybridized carbons (Fsp3) is 0. The summed E-state index contributed by atoms with van der Waals surface area (Å²) in [5, 5.41) is 7.63. The predicted octanol–water partition coefficient (Wildman–Crippen LogP) is 16.8. The van der Waals surface area contributed by atoms with E-state index in [-0.39, 0.29) is 0 Å². The molecule has 0 saturated heterocycles. The van der Waals surface area contributed by atoms with Gasteiger partial charge in [0.05, 0.1) is 16.7 Å². The summed E-state index contributed by atoms with van der Waals surface area (Å²) in [5.74, 6) is 0. The first kappa shape index (κ1) is 35.2. The Balaban J connectivity index is 0.980. The van der Waals surface area contributed by atoms with Gasteiger partial charge in [-0.1, -0.05) is 158 Å². The molecule has 2 aromatic heterocycles. The van der Waals surface area contributed by atoms with E-state index in [0.29, 0.717) is 0 Å². The summed E-state index contributed by atoms with van der Waals surface area (Å²) in [6, 6.07) is 84.1. The number of hydrogen-bond donors (Lipinski definition) is 0. The first-order valence-corrected chi connectivity index (χ1v) is 21.6. The molecule has 10 aromatic carbocycles. The van der Waals surface area contributed by atoms with Crippen molar-refractivity contribution in [2.45, 2.75) is 0 Å². The molecule has 3 heteroatoms. The van der Waals surface area contributed by atoms with Crippen molar-refractivity contribution in [3.8, 4) is 39.1 Å². The molecule has 0 saturated carbocycles. The van der Waals surface area contributed by atoms with Gasteiger partial charge in [-0.05, 0) is 106 Å². The Labute approximate surface area is 358 Å². The Morgan fingerprint density at radius 1 is 0.311 bits per heavy atom. The molecule has 2 heterocycles. The SMILES string of the molecule is c1ccc(-c2ccc(N(c3cccc(-c4cccc(-c5ccc6c(c5)c5ccccc5n6-c5ccccc5)c4)c3)c3cccc4c3ccc3c5ccccc5sc43)cc2)cc1. The summed E-state index contributed by atoms with van der Waals surface area (Å²) in [6.45, 7) is 0. The van der Waals surface area contributed by atoms with Crippen molar-refractivity contribution in [2.24, 2.45) is 0 Å². The van der Waals surface area contributed by atoms with Crippen molar-refractivity contribution < 1.29 is 0 Å². The number of benzene rings is 10. The highest BCUT2D eigenvalue weighted by molar-refractivity contribution is 7.26. The number of fused-ring (bicyclic) bond motifs is 8. The molecule has 12 aromatic rings. The Bertz CT molecular complexity index is 3580. The highest BCUT2D eigenvalue weighted by Gasteiger charge is 2.19. The molecule has 0 aliphatic heterocycles. The first-order chi connectivity index (χ1) is 30.2. The monoisotopic (exact) mass is 794 g/mol. The van der Waals surface area contributed by atoms with Crippen molar-refractivity contribution in [1.29, 1.82) is 0 Å². The van der Waals surface area contributed by atoms with Gasteiger partial charge in [0, 0.05) is 58.8 Å². The molecule has 0 fully saturated rings. The van der Waals surface area contributed by atoms with E-state index in [1.54, 1.807) is 0 Å². The van der Waals surface area contributed by atoms with Crippen molar-refractivity contribution in [3.05, 3.63) is 231 Å². The average Bonchev–Trinajstić information content (AvgIpc) is 3.89. The number of nitrogens with zero attached hydrogens (tertiary/aromatic N) is 2. The first-order valence-electron chi connectivity index (χ1n) is 20.8. The summed E-state index contributed by atoms with van der Waals surface area (Å²) < 4.78 is 5.02. The molecule has 0 unspecified atom stereocenters. The minimum atomic E-state index is 1.11. The van der Waals surface area contributed by atoms with Crippen LogP contribution >= 0.6 is 11.3 Å². The minimum Gasteiger partial charge on any atom is -0.310 e. The minimum absolute atomic E-state index is 1.11. The van der Waals surface area contributed by atoms with Crippen LogP contribution in [0.4, 0.5) is 17.1 Å². The van der Waals surface area contributed by atoms with Gasteiger partial charge in [0.25, 0.3) is 0 Å². The van der Waals surface area contributed by atoms with Crippen LogP contribution in [0.2, 0.25) is 0 Å². The summed E-state index contributed by atoms with van der Waals surface area (Å²) >= 11 is 1.88. The second-order valence-electron chi connectivity index (χ2n) is 15.7. The third-order valence-corrected chi connectivity index (χ3v) is 13.4. The lowest BCUT2D eigenvalue weighted by atomic mass is 9.97. The lowest BCUT2D eigenvalue weighted by molar-refractivity contribution is 1.18. The third-order valence-electron chi connectivity index (χ3n) is 12.2. The molecule has 61 heavy (non-hydrogen) atoms. The fourth-order valence-electron chi connectivity index (χ4n) is 9.29. The molecule has 0 N–H and O–H groups in total. The van der Waals surface area contributed by atoms with E-state index in [1.165, 1.54) is 91.8 Å². The van der Waals surface area contributed by atoms with Crippen LogP contribution in [0.15, 0.2) is 231 Å². The Hall–Kier alpha value is -7.72. The maximum Gasteiger partial charge on any atom is 0.0541 e. The zero-order valence-corrected chi connectivity index (χ0v) is 34.1. The predicted molar refractivity (Wildman–Crippen MR) is 262 cm³/mol. The summed E-state index contributed by atoms with van der Waals surface area (Å²) in [4.78, 5) is 2.43. The molecule has 0 atom stereocenters. The van der Waals surface area contributed by atoms with E-state index in [0.717, 1.165) is 17.1 Å². The number of para-hydroxylation sites is 2. The number of rotatable bonds is 7. The second kappa shape index (κ2) is 14.5. The van der Waals surface area contributed by atoms with Gasteiger partial charge in [-0.25, -0.2) is 0 Å². The van der Waals surface area contributed by atoms with Crippen LogP contribution in [0.5, 0.6) is 0 Å². The van der Waals surface area contributed by atoms with Crippen molar-refractivity contribution in [2.75, 3.05) is 4.90 Å². The molecule has 0 aliphatic carbocycles. The van der Waals surface area contributed by atoms with Gasteiger partial charge < -0.3 is 9.47 Å². The quantitative estimate of drug-likeness (QED) is 0.156. The average molecular weight is 795 g/mol. The van der Waals surface area contributed by atoms with E-state index in [4.69, 9.17) is 0 Å². The maximum absolute atomic E-state index is 2.43. The number of aromatic nitrogens is 1. The smallest absolute Gasteiger partial charge is 0.0541 e. The third kappa shape index (κ3) is 6.01. The van der Waals surface area contributed by atoms with Crippen LogP contribution in [0, 0.1) is 0 Å². The van der Waals surface area contributed by atoms with E-state index in [2.05, 4.69) is 240 Å². The van der Waals surface area contributed by atoms with Crippen molar-refractivity contribution in [3.63, 3.8) is 0 Å². The molecule has 0 aliphatic rings. The van der Waals surface area contributed by atoms with Gasteiger partial charge in [0.2, 0.25) is 0 Å². The van der Waals surface area contributed by atoms with E-state index < -0.39 is 0 Å². The van der Waals surface area contributed by atoms with Gasteiger partial charge in [-0.3, -0.25) is 0 Å². The molecule has 0 amide bonds. The highest BCUT2D eigenvalue weighted by atomic mass is 32.1. The molecule has 12 rings (SSSR count). The van der Waals surface area contributed by atoms with Crippen molar-refractivity contribution in [1.82, 2.24) is 4.57 Å². The standard InChI is InChI=1S/C58H38N2S/c1-3-14-39(15-4-1)40-28-31-46(32-29-40)59(54-26-13-24-51-49(54)33-34-52-50-23-8-10-27-57(50)61-58(51)52)47-21-12-18-43(37-47)41-16-11-17-42(36-41)44-30-35-56-53(38-44)48-22-7-9-25-55(48)60(56)45-19-5-2-6-20-45/h1-38H. The van der Waals surface area contributed by atoms with Crippen LogP contribution in [-0.2, 0) is 0 Å². The zero-order valence-electron chi connectivity index (χ0n) is 33.2. The topological polar surface area (TPSA) is 8.17 Å². The summed E-state index contributed by atoms with van der Waals surface area (Å²) in [7, 11) is 0. The van der Waals surface area contributed by atoms with Crippen LogP contribution in [-0.4, -0.2) is 4.57 Å². The van der Waals surface area contributed by atoms with E-state index >= 15 is 0 Å². The van der Waals surface area contributed by atoms with Crippen LogP contribution in [0.1, 0.15) is 0 Å². The molecule has 2 nitrogen and oxygen atoms in total.